The number of nitrogens with zero attached hydrogens (tertiary/aromatic N) is 8. The van der Waals surface area contributed by atoms with Crippen LogP contribution >= 0.6 is 34.3 Å². The summed E-state index contributed by atoms with van der Waals surface area (Å²) in [5.41, 5.74) is 7.81. The lowest BCUT2D eigenvalue weighted by atomic mass is 9.85. The Labute approximate surface area is 427 Å². The van der Waals surface area contributed by atoms with Gasteiger partial charge in [-0.3, -0.25) is 28.8 Å². The van der Waals surface area contributed by atoms with Crippen LogP contribution in [0.1, 0.15) is 97.1 Å². The van der Waals surface area contributed by atoms with Gasteiger partial charge in [-0.2, -0.15) is 0 Å². The van der Waals surface area contributed by atoms with Gasteiger partial charge in [-0.1, -0.05) is 68.8 Å². The van der Waals surface area contributed by atoms with Crippen molar-refractivity contribution < 1.29 is 39.4 Å². The molecule has 3 aliphatic heterocycles. The molecule has 5 aromatic rings. The van der Waals surface area contributed by atoms with Gasteiger partial charge in [0.25, 0.3) is 0 Å². The monoisotopic (exact) mass is 1030 g/mol. The highest BCUT2D eigenvalue weighted by atomic mass is 35.5. The molecule has 5 N–H and O–H groups in total. The molecule has 0 bridgehead atoms. The highest BCUT2D eigenvalue weighted by molar-refractivity contribution is 7.15. The number of fused-ring (bicyclic) bond motifs is 3. The van der Waals surface area contributed by atoms with Crippen molar-refractivity contribution in [3.63, 3.8) is 0 Å². The maximum atomic E-state index is 14.2. The Hall–Kier alpha value is -5.41. The van der Waals surface area contributed by atoms with Crippen molar-refractivity contribution >= 4 is 63.6 Å². The number of hydrogen-bond acceptors (Lipinski definition) is 13. The summed E-state index contributed by atoms with van der Waals surface area (Å²) in [6, 6.07) is 12.9. The Bertz CT molecular complexity index is 2790. The number of aliphatic hydroxyl groups excluding tert-OH is 3. The van der Waals surface area contributed by atoms with Gasteiger partial charge in [0.1, 0.15) is 29.5 Å². The van der Waals surface area contributed by atoms with Crippen LogP contribution in [0.25, 0.3) is 15.4 Å². The van der Waals surface area contributed by atoms with Gasteiger partial charge in [-0.25, -0.2) is 9.98 Å². The van der Waals surface area contributed by atoms with Crippen LogP contribution < -0.4 is 10.3 Å². The molecule has 0 radical (unpaired) electrons. The Morgan fingerprint density at radius 2 is 1.68 bits per heavy atom. The summed E-state index contributed by atoms with van der Waals surface area (Å²) in [4.78, 5) is 61.8. The molecule has 20 heteroatoms. The highest BCUT2D eigenvalue weighted by Gasteiger charge is 2.46. The van der Waals surface area contributed by atoms with Gasteiger partial charge in [0.2, 0.25) is 17.7 Å². The number of thiophene rings is 1. The van der Waals surface area contributed by atoms with Crippen LogP contribution in [0.2, 0.25) is 5.02 Å². The number of aliphatic imine (C=N–C) groups is 1. The molecule has 2 saturated heterocycles. The second-order valence-electron chi connectivity index (χ2n) is 19.9. The molecular formula is C51H64ClN10O7S2+. The van der Waals surface area contributed by atoms with Crippen molar-refractivity contribution in [2.75, 3.05) is 52.5 Å². The lowest BCUT2D eigenvalue weighted by Crippen LogP contribution is -2.77. The zero-order chi connectivity index (χ0) is 50.9. The Balaban J connectivity index is 0.820. The second kappa shape index (κ2) is 21.7. The standard InChI is InChI=1S/C51H63ClN10O7S2/c1-28-31(4)71-50-43(28)44(34-13-15-36(52)16-14-34)55-39(47-58-57-32(5)62(47)50)22-42(66)60-19-17-59(18-20-60)23-38(64)25-69-26-41(65)56-46(51(6,7)8)49(68)61-24-37(63)21-40(61)48(67)54-29(2)33-9-11-35(12-10-33)45-30(3)53-27-70-45/h9-16,27,29,37-40,46,63-64H,17-26H2,1-8H3,(H,54,67)(H,56,65)/p+1/t29-,37+,38-,39-,40-,46+/m0/s1. The van der Waals surface area contributed by atoms with Crippen LogP contribution in [0.5, 0.6) is 0 Å². The zero-order valence-electron chi connectivity index (χ0n) is 41.5. The van der Waals surface area contributed by atoms with Crippen molar-refractivity contribution in [2.24, 2.45) is 10.4 Å². The van der Waals surface area contributed by atoms with Crippen LogP contribution in [0.15, 0.2) is 59.0 Å². The molecule has 71 heavy (non-hydrogen) atoms. The lowest BCUT2D eigenvalue weighted by Gasteiger charge is -2.36. The van der Waals surface area contributed by atoms with E-state index in [0.29, 0.717) is 37.0 Å². The van der Waals surface area contributed by atoms with Crippen molar-refractivity contribution in [2.45, 2.75) is 105 Å². The first-order valence-corrected chi connectivity index (χ1v) is 26.1. The molecule has 6 heterocycles. The number of β-amino-alcohol motifs (C(OH)–C–C–N with tert-alkyl or cyclic N) is 2. The van der Waals surface area contributed by atoms with Gasteiger partial charge in [-0.15, -0.1) is 32.9 Å². The summed E-state index contributed by atoms with van der Waals surface area (Å²) in [7, 11) is 0. The van der Waals surface area contributed by atoms with E-state index < -0.39 is 54.2 Å². The molecule has 3 aliphatic rings. The average molecular weight is 1030 g/mol. The number of rotatable bonds is 15. The number of likely N-dealkylation sites (tertiary alicyclic amines) is 1. The normalized spacial score (nSPS) is 20.0. The minimum absolute atomic E-state index is 0.0131. The first-order valence-electron chi connectivity index (χ1n) is 24.0. The van der Waals surface area contributed by atoms with E-state index in [9.17, 15) is 29.7 Å². The van der Waals surface area contributed by atoms with Crippen LogP contribution in [0, 0.1) is 33.1 Å². The molecule has 3 amide bonds. The Morgan fingerprint density at radius 3 is 2.34 bits per heavy atom. The molecule has 3 aromatic heterocycles. The first kappa shape index (κ1) is 51.9. The molecule has 17 nitrogen and oxygen atoms in total. The predicted molar refractivity (Wildman–Crippen MR) is 275 cm³/mol. The molecule has 6 atom stereocenters. The van der Waals surface area contributed by atoms with Gasteiger partial charge < -0.3 is 35.2 Å². The molecule has 2 fully saturated rings. The molecule has 0 saturated carbocycles. The van der Waals surface area contributed by atoms with E-state index in [-0.39, 0.29) is 50.4 Å². The van der Waals surface area contributed by atoms with Crippen LogP contribution in [0.3, 0.4) is 0 Å². The number of benzene rings is 2. The van der Waals surface area contributed by atoms with E-state index >= 15 is 0 Å². The minimum atomic E-state index is -1.01. The summed E-state index contributed by atoms with van der Waals surface area (Å²) in [6.45, 7) is 17.2. The van der Waals surface area contributed by atoms with Crippen molar-refractivity contribution in [3.8, 4) is 15.4 Å². The maximum Gasteiger partial charge on any atom is 0.356 e. The number of thiazole rings is 1. The van der Waals surface area contributed by atoms with Gasteiger partial charge in [0.15, 0.2) is 17.9 Å². The third-order valence-corrected chi connectivity index (χ3v) is 16.0. The summed E-state index contributed by atoms with van der Waals surface area (Å²) >= 11 is 9.51. The predicted octanol–water partition coefficient (Wildman–Crippen LogP) is 4.43. The Kier molecular flexibility index (Phi) is 15.9. The van der Waals surface area contributed by atoms with Crippen molar-refractivity contribution in [1.82, 2.24) is 39.8 Å². The summed E-state index contributed by atoms with van der Waals surface area (Å²) in [6.07, 6.45) is -1.56. The second-order valence-corrected chi connectivity index (χ2v) is 22.4. The number of halogens is 1. The van der Waals surface area contributed by atoms with E-state index in [2.05, 4.69) is 44.2 Å². The Morgan fingerprint density at radius 1 is 0.986 bits per heavy atom. The molecule has 0 aliphatic carbocycles. The fourth-order valence-electron chi connectivity index (χ4n) is 9.48. The SMILES string of the molecule is Cc1ncsc1-c1ccc([C@H](C)[NH+]=C(O)[C@@H]2C[C@@H](O)CN2C(=O)[C@@H](NC(=O)COC[C@@H](O)CN2CCN(C(=O)C[C@@H]3N=C(c4ccc(Cl)cc4)c4c(sc(C)c4C)-n4c(C)nnc43)CC2)C(C)(C)C)cc1. The lowest BCUT2D eigenvalue weighted by molar-refractivity contribution is -0.515. The number of carbonyl (C=O) groups is 3. The largest absolute Gasteiger partial charge is 0.462 e. The van der Waals surface area contributed by atoms with Crippen LogP contribution in [0.4, 0.5) is 0 Å². The number of aryl methyl sites for hydroxylation is 3. The number of aliphatic hydroxyl groups is 3. The fraction of sp³-hybridized carbons (Fsp3) is 0.490. The third kappa shape index (κ3) is 11.6. The van der Waals surface area contributed by atoms with E-state index in [1.54, 1.807) is 22.7 Å². The number of carbonyl (C=O) groups excluding carboxylic acids is 3. The topological polar surface area (TPSA) is 213 Å². The van der Waals surface area contributed by atoms with Gasteiger partial charge >= 0.3 is 5.90 Å². The van der Waals surface area contributed by atoms with Crippen molar-refractivity contribution in [1.29, 1.82) is 0 Å². The van der Waals surface area contributed by atoms with E-state index in [0.717, 1.165) is 59.8 Å². The van der Waals surface area contributed by atoms with Gasteiger partial charge in [0.05, 0.1) is 47.0 Å². The maximum absolute atomic E-state index is 14.2. The van der Waals surface area contributed by atoms with Crippen LogP contribution in [-0.2, 0) is 19.1 Å². The molecule has 0 unspecified atom stereocenters. The zero-order valence-corrected chi connectivity index (χ0v) is 43.9. The molecule has 0 spiro atoms. The quantitative estimate of drug-likeness (QED) is 0.0731. The van der Waals surface area contributed by atoms with E-state index in [4.69, 9.17) is 21.3 Å². The number of piperazine rings is 1. The molecular weight excluding hydrogens is 964 g/mol. The fourth-order valence-corrected chi connectivity index (χ4v) is 11.6. The highest BCUT2D eigenvalue weighted by Crippen LogP contribution is 2.40. The number of nitrogens with one attached hydrogen (secondary N) is 2. The number of hydrogen-bond donors (Lipinski definition) is 5. The summed E-state index contributed by atoms with van der Waals surface area (Å²) < 4.78 is 7.70. The summed E-state index contributed by atoms with van der Waals surface area (Å²) in [5, 5.41) is 46.4. The number of ether oxygens (including phenoxy) is 1. The van der Waals surface area contributed by atoms with Gasteiger partial charge in [0, 0.05) is 79.2 Å². The molecule has 2 aromatic carbocycles. The van der Waals surface area contributed by atoms with Crippen LogP contribution in [-0.4, -0.2) is 156 Å². The number of aromatic nitrogens is 4. The van der Waals surface area contributed by atoms with E-state index in [1.165, 1.54) is 4.90 Å². The smallest absolute Gasteiger partial charge is 0.356 e. The van der Waals surface area contributed by atoms with Gasteiger partial charge in [-0.05, 0) is 56.4 Å². The summed E-state index contributed by atoms with van der Waals surface area (Å²) in [5.74, 6) is 0.148. The molecule has 8 rings (SSSR count). The molecule has 378 valence electrons. The van der Waals surface area contributed by atoms with E-state index in [1.807, 2.05) is 105 Å². The number of amides is 3. The average Bonchev–Trinajstić information content (AvgIpc) is 4.10. The third-order valence-electron chi connectivity index (χ3n) is 13.5. The van der Waals surface area contributed by atoms with Crippen molar-refractivity contribution in [3.05, 3.63) is 104 Å². The minimum Gasteiger partial charge on any atom is -0.462 e. The first-order chi connectivity index (χ1) is 33.8.